The molecule has 0 amide bonds. The van der Waals surface area contributed by atoms with Crippen molar-refractivity contribution in [2.24, 2.45) is 5.73 Å². The van der Waals surface area contributed by atoms with Crippen LogP contribution < -0.4 is 5.73 Å². The Labute approximate surface area is 89.1 Å². The lowest BCUT2D eigenvalue weighted by molar-refractivity contribution is 0.544. The Bertz CT molecular complexity index is 479. The number of pyridine rings is 1. The Morgan fingerprint density at radius 1 is 1.33 bits per heavy atom. The van der Waals surface area contributed by atoms with E-state index in [9.17, 15) is 0 Å². The Morgan fingerprint density at radius 3 is 2.67 bits per heavy atom. The number of nitrogens with two attached hydrogens (primary N) is 1. The van der Waals surface area contributed by atoms with Gasteiger partial charge < -0.3 is 5.73 Å². The van der Waals surface area contributed by atoms with Crippen molar-refractivity contribution in [2.75, 3.05) is 0 Å². The molecule has 0 aromatic carbocycles. The van der Waals surface area contributed by atoms with E-state index in [2.05, 4.69) is 30.9 Å². The molecule has 4 heteroatoms. The van der Waals surface area contributed by atoms with E-state index >= 15 is 0 Å². The van der Waals surface area contributed by atoms with E-state index in [1.807, 2.05) is 22.7 Å². The molecule has 4 nitrogen and oxygen atoms in total. The fraction of sp³-hybridized carbons (Fsp3) is 0.455. The van der Waals surface area contributed by atoms with Crippen molar-refractivity contribution < 1.29 is 0 Å². The van der Waals surface area contributed by atoms with Gasteiger partial charge in [-0.05, 0) is 12.1 Å². The maximum atomic E-state index is 5.65. The first kappa shape index (κ1) is 10.1. The first-order valence-corrected chi connectivity index (χ1v) is 5.07. The summed E-state index contributed by atoms with van der Waals surface area (Å²) in [5.74, 6) is 0.850. The lowest BCUT2D eigenvalue weighted by Crippen LogP contribution is -2.14. The third-order valence-electron chi connectivity index (χ3n) is 2.32. The van der Waals surface area contributed by atoms with Gasteiger partial charge in [0, 0.05) is 12.0 Å². The second-order valence-corrected chi connectivity index (χ2v) is 4.68. The second kappa shape index (κ2) is 3.31. The van der Waals surface area contributed by atoms with Crippen molar-refractivity contribution >= 4 is 5.65 Å². The van der Waals surface area contributed by atoms with Crippen LogP contribution in [-0.4, -0.2) is 14.6 Å². The average Bonchev–Trinajstić information content (AvgIpc) is 2.59. The van der Waals surface area contributed by atoms with Gasteiger partial charge in [0.25, 0.3) is 0 Å². The highest BCUT2D eigenvalue weighted by atomic mass is 15.3. The van der Waals surface area contributed by atoms with Crippen molar-refractivity contribution in [3.05, 3.63) is 29.7 Å². The Morgan fingerprint density at radius 2 is 2.07 bits per heavy atom. The number of hydrogen-bond acceptors (Lipinski definition) is 3. The van der Waals surface area contributed by atoms with E-state index in [0.29, 0.717) is 6.54 Å². The predicted octanol–water partition coefficient (Wildman–Crippen LogP) is 1.49. The molecule has 2 aromatic heterocycles. The molecule has 0 fully saturated rings. The van der Waals surface area contributed by atoms with E-state index in [-0.39, 0.29) is 5.41 Å². The Balaban J connectivity index is 2.65. The van der Waals surface area contributed by atoms with Crippen LogP contribution in [-0.2, 0) is 12.0 Å². The number of nitrogens with zero attached hydrogens (tertiary/aromatic N) is 3. The van der Waals surface area contributed by atoms with Crippen molar-refractivity contribution in [3.63, 3.8) is 0 Å². The lowest BCUT2D eigenvalue weighted by Gasteiger charge is -2.11. The molecule has 2 N–H and O–H groups in total. The average molecular weight is 204 g/mol. The molecule has 2 aromatic rings. The summed E-state index contributed by atoms with van der Waals surface area (Å²) in [5.41, 5.74) is 7.46. The fourth-order valence-corrected chi connectivity index (χ4v) is 1.43. The molecule has 80 valence electrons. The van der Waals surface area contributed by atoms with Gasteiger partial charge in [0.15, 0.2) is 11.5 Å². The Hall–Kier alpha value is -1.42. The van der Waals surface area contributed by atoms with Gasteiger partial charge in [0.2, 0.25) is 0 Å². The largest absolute Gasteiger partial charge is 0.325 e. The van der Waals surface area contributed by atoms with Crippen LogP contribution in [0.25, 0.3) is 5.65 Å². The fourth-order valence-electron chi connectivity index (χ4n) is 1.43. The van der Waals surface area contributed by atoms with Gasteiger partial charge >= 0.3 is 0 Å². The zero-order valence-electron chi connectivity index (χ0n) is 9.36. The van der Waals surface area contributed by atoms with E-state index in [1.165, 1.54) is 0 Å². The number of fused-ring (bicyclic) bond motifs is 1. The summed E-state index contributed by atoms with van der Waals surface area (Å²) in [6.45, 7) is 6.78. The van der Waals surface area contributed by atoms with Crippen molar-refractivity contribution in [3.8, 4) is 0 Å². The molecule has 0 saturated carbocycles. The summed E-state index contributed by atoms with van der Waals surface area (Å²) in [5, 5.41) is 4.48. The molecule has 0 radical (unpaired) electrons. The first-order chi connectivity index (χ1) is 7.02. The van der Waals surface area contributed by atoms with Crippen molar-refractivity contribution in [1.82, 2.24) is 14.6 Å². The SMILES string of the molecule is CC(C)(C)c1nc2cccc(CN)n2n1. The minimum absolute atomic E-state index is 0.0299. The van der Waals surface area contributed by atoms with Gasteiger partial charge in [-0.1, -0.05) is 26.8 Å². The van der Waals surface area contributed by atoms with Crippen LogP contribution in [0.5, 0.6) is 0 Å². The van der Waals surface area contributed by atoms with E-state index in [1.54, 1.807) is 0 Å². The highest BCUT2D eigenvalue weighted by Gasteiger charge is 2.19. The van der Waals surface area contributed by atoms with Crippen molar-refractivity contribution in [2.45, 2.75) is 32.7 Å². The molecule has 2 heterocycles. The summed E-state index contributed by atoms with van der Waals surface area (Å²) in [6, 6.07) is 5.87. The second-order valence-electron chi connectivity index (χ2n) is 4.68. The summed E-state index contributed by atoms with van der Waals surface area (Å²) < 4.78 is 1.82. The van der Waals surface area contributed by atoms with Crippen LogP contribution in [0.3, 0.4) is 0 Å². The lowest BCUT2D eigenvalue weighted by atomic mass is 9.96. The van der Waals surface area contributed by atoms with Gasteiger partial charge in [-0.25, -0.2) is 9.50 Å². The molecule has 0 aliphatic carbocycles. The van der Waals surface area contributed by atoms with Crippen LogP contribution >= 0.6 is 0 Å². The third kappa shape index (κ3) is 1.72. The monoisotopic (exact) mass is 204 g/mol. The third-order valence-corrected chi connectivity index (χ3v) is 2.32. The summed E-state index contributed by atoms with van der Waals surface area (Å²) in [6.07, 6.45) is 0. The minimum Gasteiger partial charge on any atom is -0.325 e. The van der Waals surface area contributed by atoms with Gasteiger partial charge in [0.1, 0.15) is 0 Å². The number of hydrogen-bond donors (Lipinski definition) is 1. The summed E-state index contributed by atoms with van der Waals surface area (Å²) in [7, 11) is 0. The van der Waals surface area contributed by atoms with E-state index in [0.717, 1.165) is 17.2 Å². The normalized spacial score (nSPS) is 12.3. The molecule has 0 atom stereocenters. The molecule has 2 rings (SSSR count). The molecule has 15 heavy (non-hydrogen) atoms. The molecule has 0 bridgehead atoms. The standard InChI is InChI=1S/C11H16N4/c1-11(2,3)10-13-9-6-4-5-8(7-12)15(9)14-10/h4-6H,7,12H2,1-3H3. The minimum atomic E-state index is -0.0299. The van der Waals surface area contributed by atoms with Gasteiger partial charge in [-0.3, -0.25) is 0 Å². The van der Waals surface area contributed by atoms with E-state index in [4.69, 9.17) is 5.73 Å². The highest BCUT2D eigenvalue weighted by molar-refractivity contribution is 5.39. The first-order valence-electron chi connectivity index (χ1n) is 5.07. The van der Waals surface area contributed by atoms with Crippen LogP contribution in [0.2, 0.25) is 0 Å². The number of rotatable bonds is 1. The topological polar surface area (TPSA) is 56.2 Å². The van der Waals surface area contributed by atoms with Crippen molar-refractivity contribution in [1.29, 1.82) is 0 Å². The van der Waals surface area contributed by atoms with Crippen LogP contribution in [0.1, 0.15) is 32.3 Å². The molecule has 0 spiro atoms. The molecule has 0 saturated heterocycles. The van der Waals surface area contributed by atoms with Crippen LogP contribution in [0.4, 0.5) is 0 Å². The van der Waals surface area contributed by atoms with E-state index < -0.39 is 0 Å². The smallest absolute Gasteiger partial charge is 0.157 e. The molecular weight excluding hydrogens is 188 g/mol. The highest BCUT2D eigenvalue weighted by Crippen LogP contribution is 2.19. The maximum Gasteiger partial charge on any atom is 0.157 e. The number of aromatic nitrogens is 3. The predicted molar refractivity (Wildman–Crippen MR) is 59.6 cm³/mol. The van der Waals surface area contributed by atoms with Crippen LogP contribution in [0, 0.1) is 0 Å². The zero-order valence-corrected chi connectivity index (χ0v) is 9.36. The molecule has 0 aliphatic heterocycles. The summed E-state index contributed by atoms with van der Waals surface area (Å²) in [4.78, 5) is 4.49. The Kier molecular flexibility index (Phi) is 2.23. The van der Waals surface area contributed by atoms with Gasteiger partial charge in [0.05, 0.1) is 5.69 Å². The van der Waals surface area contributed by atoms with Gasteiger partial charge in [-0.15, -0.1) is 0 Å². The zero-order chi connectivity index (χ0) is 11.1. The molecule has 0 aliphatic rings. The summed E-state index contributed by atoms with van der Waals surface area (Å²) >= 11 is 0. The van der Waals surface area contributed by atoms with Gasteiger partial charge in [-0.2, -0.15) is 5.10 Å². The van der Waals surface area contributed by atoms with Crippen LogP contribution in [0.15, 0.2) is 18.2 Å². The molecule has 0 unspecified atom stereocenters. The molecular formula is C11H16N4. The quantitative estimate of drug-likeness (QED) is 0.765. The maximum absolute atomic E-state index is 5.65.